The van der Waals surface area contributed by atoms with Crippen LogP contribution in [0.15, 0.2) is 30.3 Å². The van der Waals surface area contributed by atoms with E-state index in [1.54, 1.807) is 0 Å². The van der Waals surface area contributed by atoms with Gasteiger partial charge in [0.05, 0.1) is 13.2 Å². The lowest BCUT2D eigenvalue weighted by Crippen LogP contribution is -2.51. The van der Waals surface area contributed by atoms with Crippen molar-refractivity contribution in [2.24, 2.45) is 5.41 Å². The summed E-state index contributed by atoms with van der Waals surface area (Å²) in [7, 11) is 0. The summed E-state index contributed by atoms with van der Waals surface area (Å²) in [6, 6.07) is 10.8. The Bertz CT molecular complexity index is 348. The molecule has 0 amide bonds. The highest BCUT2D eigenvalue weighted by atomic mass is 16.5. The van der Waals surface area contributed by atoms with Crippen LogP contribution in [-0.4, -0.2) is 37.7 Å². The van der Waals surface area contributed by atoms with Crippen molar-refractivity contribution >= 4 is 0 Å². The number of likely N-dealkylation sites (tertiary alicyclic amines) is 1. The summed E-state index contributed by atoms with van der Waals surface area (Å²) < 4.78 is 5.36. The maximum atomic E-state index is 5.36. The van der Waals surface area contributed by atoms with E-state index in [-0.39, 0.29) is 0 Å². The van der Waals surface area contributed by atoms with Crippen LogP contribution in [0.4, 0.5) is 0 Å². The van der Waals surface area contributed by atoms with Gasteiger partial charge in [0, 0.05) is 12.0 Å². The molecular formula is C15H21NO. The van der Waals surface area contributed by atoms with Gasteiger partial charge in [-0.25, -0.2) is 0 Å². The zero-order chi connectivity index (χ0) is 11.6. The minimum absolute atomic E-state index is 0.573. The molecular weight excluding hydrogens is 210 g/mol. The summed E-state index contributed by atoms with van der Waals surface area (Å²) in [6.07, 6.45) is 3.86. The summed E-state index contributed by atoms with van der Waals surface area (Å²) in [6.45, 7) is 5.76. The second-order valence-corrected chi connectivity index (χ2v) is 5.57. The molecule has 0 atom stereocenters. The summed E-state index contributed by atoms with van der Waals surface area (Å²) in [5.41, 5.74) is 2.03. The molecule has 2 heterocycles. The fraction of sp³-hybridized carbons (Fsp3) is 0.600. The Morgan fingerprint density at radius 1 is 1.06 bits per heavy atom. The number of piperidine rings is 1. The fourth-order valence-corrected chi connectivity index (χ4v) is 2.86. The Morgan fingerprint density at radius 3 is 2.35 bits per heavy atom. The van der Waals surface area contributed by atoms with Crippen LogP contribution in [0.3, 0.4) is 0 Å². The van der Waals surface area contributed by atoms with E-state index in [4.69, 9.17) is 4.74 Å². The Labute approximate surface area is 104 Å². The van der Waals surface area contributed by atoms with Crippen LogP contribution in [0.25, 0.3) is 0 Å². The highest BCUT2D eigenvalue weighted by Gasteiger charge is 2.40. The second kappa shape index (κ2) is 4.79. The first-order chi connectivity index (χ1) is 8.36. The Balaban J connectivity index is 1.45. The zero-order valence-corrected chi connectivity index (χ0v) is 10.4. The maximum absolute atomic E-state index is 5.36. The van der Waals surface area contributed by atoms with E-state index in [1.807, 2.05) is 0 Å². The topological polar surface area (TPSA) is 12.5 Å². The molecule has 0 aliphatic carbocycles. The minimum Gasteiger partial charge on any atom is -0.380 e. The monoisotopic (exact) mass is 231 g/mol. The lowest BCUT2D eigenvalue weighted by molar-refractivity contribution is -0.139. The summed E-state index contributed by atoms with van der Waals surface area (Å²) >= 11 is 0. The van der Waals surface area contributed by atoms with Crippen LogP contribution in [-0.2, 0) is 11.2 Å². The van der Waals surface area contributed by atoms with Gasteiger partial charge in [-0.15, -0.1) is 0 Å². The molecule has 3 rings (SSSR count). The number of rotatable bonds is 3. The van der Waals surface area contributed by atoms with Gasteiger partial charge in [-0.1, -0.05) is 30.3 Å². The van der Waals surface area contributed by atoms with Gasteiger partial charge in [0.2, 0.25) is 0 Å². The van der Waals surface area contributed by atoms with Crippen LogP contribution in [0.1, 0.15) is 18.4 Å². The molecule has 1 aromatic carbocycles. The van der Waals surface area contributed by atoms with Gasteiger partial charge in [-0.2, -0.15) is 0 Å². The van der Waals surface area contributed by atoms with Gasteiger partial charge >= 0.3 is 0 Å². The molecule has 0 N–H and O–H groups in total. The Kier molecular flexibility index (Phi) is 3.17. The van der Waals surface area contributed by atoms with E-state index < -0.39 is 0 Å². The zero-order valence-electron chi connectivity index (χ0n) is 10.4. The van der Waals surface area contributed by atoms with E-state index >= 15 is 0 Å². The molecule has 2 nitrogen and oxygen atoms in total. The molecule has 0 saturated carbocycles. The third kappa shape index (κ3) is 2.53. The summed E-state index contributed by atoms with van der Waals surface area (Å²) in [5, 5.41) is 0. The number of benzene rings is 1. The van der Waals surface area contributed by atoms with Gasteiger partial charge in [0.15, 0.2) is 0 Å². The van der Waals surface area contributed by atoms with Gasteiger partial charge in [-0.3, -0.25) is 0 Å². The highest BCUT2D eigenvalue weighted by molar-refractivity contribution is 5.14. The molecule has 0 bridgehead atoms. The minimum atomic E-state index is 0.573. The lowest BCUT2D eigenvalue weighted by atomic mass is 9.77. The maximum Gasteiger partial charge on any atom is 0.0545 e. The average Bonchev–Trinajstić information content (AvgIpc) is 2.36. The van der Waals surface area contributed by atoms with Crippen molar-refractivity contribution < 1.29 is 4.74 Å². The molecule has 0 radical (unpaired) electrons. The third-order valence-corrected chi connectivity index (χ3v) is 4.29. The van der Waals surface area contributed by atoms with Crippen LogP contribution >= 0.6 is 0 Å². The molecule has 0 unspecified atom stereocenters. The largest absolute Gasteiger partial charge is 0.380 e. The van der Waals surface area contributed by atoms with E-state index in [9.17, 15) is 0 Å². The number of ether oxygens (including phenoxy) is 1. The first-order valence-corrected chi connectivity index (χ1v) is 6.70. The van der Waals surface area contributed by atoms with Gasteiger partial charge < -0.3 is 9.64 Å². The molecule has 2 heteroatoms. The molecule has 2 aliphatic rings. The van der Waals surface area contributed by atoms with Crippen molar-refractivity contribution in [1.29, 1.82) is 0 Å². The molecule has 1 aromatic rings. The first kappa shape index (κ1) is 11.2. The predicted octanol–water partition coefficient (Wildman–Crippen LogP) is 2.34. The van der Waals surface area contributed by atoms with Crippen LogP contribution < -0.4 is 0 Å². The van der Waals surface area contributed by atoms with Crippen molar-refractivity contribution in [3.8, 4) is 0 Å². The smallest absolute Gasteiger partial charge is 0.0545 e. The van der Waals surface area contributed by atoms with Gasteiger partial charge in [-0.05, 0) is 37.9 Å². The molecule has 92 valence electrons. The molecule has 1 spiro atoms. The molecule has 0 aromatic heterocycles. The normalized spacial score (nSPS) is 23.5. The highest BCUT2D eigenvalue weighted by Crippen LogP contribution is 2.38. The van der Waals surface area contributed by atoms with Crippen molar-refractivity contribution in [3.05, 3.63) is 35.9 Å². The standard InChI is InChI=1S/C15H21NO/c1-2-4-14(5-3-1)6-9-16-10-7-15(8-11-16)12-17-13-15/h1-5H,6-13H2. The Hall–Kier alpha value is -0.860. The average molecular weight is 231 g/mol. The molecule has 2 fully saturated rings. The molecule has 17 heavy (non-hydrogen) atoms. The van der Waals surface area contributed by atoms with Crippen LogP contribution in [0.2, 0.25) is 0 Å². The van der Waals surface area contributed by atoms with Crippen LogP contribution in [0.5, 0.6) is 0 Å². The van der Waals surface area contributed by atoms with Crippen molar-refractivity contribution in [2.75, 3.05) is 32.8 Å². The van der Waals surface area contributed by atoms with E-state index in [1.165, 1.54) is 44.5 Å². The van der Waals surface area contributed by atoms with E-state index in [2.05, 4.69) is 35.2 Å². The third-order valence-electron chi connectivity index (χ3n) is 4.29. The quantitative estimate of drug-likeness (QED) is 0.791. The lowest BCUT2D eigenvalue weighted by Gasteiger charge is -2.47. The number of hydrogen-bond acceptors (Lipinski definition) is 2. The van der Waals surface area contributed by atoms with Gasteiger partial charge in [0.25, 0.3) is 0 Å². The Morgan fingerprint density at radius 2 is 1.76 bits per heavy atom. The van der Waals surface area contributed by atoms with E-state index in [0.29, 0.717) is 5.41 Å². The van der Waals surface area contributed by atoms with Crippen molar-refractivity contribution in [2.45, 2.75) is 19.3 Å². The molecule has 2 aliphatic heterocycles. The number of nitrogens with zero attached hydrogens (tertiary/aromatic N) is 1. The van der Waals surface area contributed by atoms with Crippen molar-refractivity contribution in [1.82, 2.24) is 4.90 Å². The van der Waals surface area contributed by atoms with Gasteiger partial charge in [0.1, 0.15) is 0 Å². The van der Waals surface area contributed by atoms with Crippen molar-refractivity contribution in [3.63, 3.8) is 0 Å². The second-order valence-electron chi connectivity index (χ2n) is 5.57. The summed E-state index contributed by atoms with van der Waals surface area (Å²) in [5.74, 6) is 0. The fourth-order valence-electron chi connectivity index (χ4n) is 2.86. The molecule has 2 saturated heterocycles. The first-order valence-electron chi connectivity index (χ1n) is 6.70. The SMILES string of the molecule is c1ccc(CCN2CCC3(CC2)COC3)cc1. The predicted molar refractivity (Wildman–Crippen MR) is 69.1 cm³/mol. The number of hydrogen-bond donors (Lipinski definition) is 0. The van der Waals surface area contributed by atoms with E-state index in [0.717, 1.165) is 13.2 Å². The van der Waals surface area contributed by atoms with Crippen LogP contribution in [0, 0.1) is 5.41 Å². The summed E-state index contributed by atoms with van der Waals surface area (Å²) in [4.78, 5) is 2.61.